The first kappa shape index (κ1) is 15.6. The number of carbonyl (C=O) groups excluding carboxylic acids is 1. The Bertz CT molecular complexity index is 850. The summed E-state index contributed by atoms with van der Waals surface area (Å²) in [7, 11) is 0. The number of nitrogens with one attached hydrogen (secondary N) is 2. The molecule has 7 nitrogen and oxygen atoms in total. The molecule has 7 heteroatoms. The maximum Gasteiger partial charge on any atom is 0.253 e. The summed E-state index contributed by atoms with van der Waals surface area (Å²) in [4.78, 5) is 17.1. The highest BCUT2D eigenvalue weighted by atomic mass is 16.5. The van der Waals surface area contributed by atoms with Gasteiger partial charge in [0.25, 0.3) is 5.91 Å². The molecule has 0 radical (unpaired) electrons. The molecule has 25 heavy (non-hydrogen) atoms. The van der Waals surface area contributed by atoms with Crippen molar-refractivity contribution >= 4 is 5.91 Å². The second-order valence-corrected chi connectivity index (χ2v) is 5.99. The number of hydrogen-bond donors (Lipinski definition) is 2. The summed E-state index contributed by atoms with van der Waals surface area (Å²) in [5, 5.41) is 10.0. The van der Waals surface area contributed by atoms with Gasteiger partial charge >= 0.3 is 0 Å². The van der Waals surface area contributed by atoms with Crippen molar-refractivity contribution in [3.05, 3.63) is 66.0 Å². The number of amides is 1. The predicted octanol–water partition coefficient (Wildman–Crippen LogP) is 2.03. The SMILES string of the molecule is O=C(NCc1nc(C2CCOC2)n[nH]1)c1ccccc1-n1cccc1. The number of aromatic amines is 1. The predicted molar refractivity (Wildman–Crippen MR) is 91.5 cm³/mol. The van der Waals surface area contributed by atoms with E-state index in [1.54, 1.807) is 0 Å². The van der Waals surface area contributed by atoms with Gasteiger partial charge < -0.3 is 14.6 Å². The van der Waals surface area contributed by atoms with Crippen molar-refractivity contribution in [1.82, 2.24) is 25.1 Å². The van der Waals surface area contributed by atoms with Gasteiger partial charge in [-0.05, 0) is 30.7 Å². The fourth-order valence-electron chi connectivity index (χ4n) is 2.96. The van der Waals surface area contributed by atoms with Gasteiger partial charge in [-0.15, -0.1) is 0 Å². The number of H-pyrrole nitrogens is 1. The minimum Gasteiger partial charge on any atom is -0.381 e. The molecule has 1 aliphatic heterocycles. The number of benzene rings is 1. The molecule has 1 amide bonds. The molecule has 0 aliphatic carbocycles. The molecule has 1 aromatic carbocycles. The van der Waals surface area contributed by atoms with Crippen LogP contribution in [0.5, 0.6) is 0 Å². The van der Waals surface area contributed by atoms with Crippen LogP contribution in [0, 0.1) is 0 Å². The quantitative estimate of drug-likeness (QED) is 0.746. The Balaban J connectivity index is 1.45. The molecule has 1 atom stereocenters. The van der Waals surface area contributed by atoms with Gasteiger partial charge in [0, 0.05) is 24.9 Å². The Hall–Kier alpha value is -2.93. The van der Waals surface area contributed by atoms with Crippen LogP contribution < -0.4 is 5.32 Å². The third kappa shape index (κ3) is 3.32. The minimum atomic E-state index is -0.147. The molecule has 3 heterocycles. The van der Waals surface area contributed by atoms with E-state index in [1.807, 2.05) is 53.4 Å². The number of nitrogens with zero attached hydrogens (tertiary/aromatic N) is 3. The number of aromatic nitrogens is 4. The normalized spacial score (nSPS) is 16.9. The van der Waals surface area contributed by atoms with E-state index in [4.69, 9.17) is 4.74 Å². The second-order valence-electron chi connectivity index (χ2n) is 5.99. The topological polar surface area (TPSA) is 84.8 Å². The van der Waals surface area contributed by atoms with Crippen LogP contribution in [-0.4, -0.2) is 38.9 Å². The molecule has 1 aliphatic rings. The summed E-state index contributed by atoms with van der Waals surface area (Å²) in [6, 6.07) is 11.4. The molecular weight excluding hydrogens is 318 g/mol. The van der Waals surface area contributed by atoms with E-state index in [0.717, 1.165) is 24.5 Å². The molecule has 0 spiro atoms. The lowest BCUT2D eigenvalue weighted by Crippen LogP contribution is -2.24. The Morgan fingerprint density at radius 3 is 2.92 bits per heavy atom. The van der Waals surface area contributed by atoms with E-state index in [9.17, 15) is 4.79 Å². The number of hydrogen-bond acceptors (Lipinski definition) is 4. The van der Waals surface area contributed by atoms with Crippen LogP contribution in [0.3, 0.4) is 0 Å². The van der Waals surface area contributed by atoms with E-state index in [2.05, 4.69) is 20.5 Å². The van der Waals surface area contributed by atoms with Crippen LogP contribution in [0.2, 0.25) is 0 Å². The van der Waals surface area contributed by atoms with Crippen molar-refractivity contribution in [2.24, 2.45) is 0 Å². The summed E-state index contributed by atoms with van der Waals surface area (Å²) < 4.78 is 7.28. The van der Waals surface area contributed by atoms with Crippen LogP contribution in [0.25, 0.3) is 5.69 Å². The zero-order valence-electron chi connectivity index (χ0n) is 13.7. The highest BCUT2D eigenvalue weighted by Gasteiger charge is 2.22. The Labute approximate surface area is 145 Å². The number of rotatable bonds is 5. The molecule has 1 unspecified atom stereocenters. The van der Waals surface area contributed by atoms with Gasteiger partial charge in [0.05, 0.1) is 24.4 Å². The first-order valence-electron chi connectivity index (χ1n) is 8.31. The summed E-state index contributed by atoms with van der Waals surface area (Å²) in [5.41, 5.74) is 1.45. The fourth-order valence-corrected chi connectivity index (χ4v) is 2.96. The van der Waals surface area contributed by atoms with E-state index in [-0.39, 0.29) is 11.8 Å². The smallest absolute Gasteiger partial charge is 0.253 e. The summed E-state index contributed by atoms with van der Waals surface area (Å²) in [6.45, 7) is 1.72. The number of carbonyl (C=O) groups is 1. The van der Waals surface area contributed by atoms with Gasteiger partial charge in [-0.1, -0.05) is 12.1 Å². The largest absolute Gasteiger partial charge is 0.381 e. The molecule has 1 saturated heterocycles. The van der Waals surface area contributed by atoms with Crippen LogP contribution in [-0.2, 0) is 11.3 Å². The van der Waals surface area contributed by atoms with Gasteiger partial charge in [-0.2, -0.15) is 5.10 Å². The molecule has 128 valence electrons. The third-order valence-electron chi connectivity index (χ3n) is 4.29. The highest BCUT2D eigenvalue weighted by Crippen LogP contribution is 2.21. The average Bonchev–Trinajstić information content (AvgIpc) is 3.41. The summed E-state index contributed by atoms with van der Waals surface area (Å²) in [6.07, 6.45) is 4.77. The van der Waals surface area contributed by atoms with Gasteiger partial charge in [-0.3, -0.25) is 9.89 Å². The maximum atomic E-state index is 12.6. The Kier molecular flexibility index (Phi) is 4.30. The van der Waals surface area contributed by atoms with Gasteiger partial charge in [0.15, 0.2) is 5.82 Å². The standard InChI is InChI=1S/C18H19N5O2/c24-18(14-5-1-2-6-15(14)23-8-3-4-9-23)19-11-16-20-17(22-21-16)13-7-10-25-12-13/h1-6,8-9,13H,7,10-12H2,(H,19,24)(H,20,21,22). The lowest BCUT2D eigenvalue weighted by atomic mass is 10.1. The van der Waals surface area contributed by atoms with E-state index in [0.29, 0.717) is 24.5 Å². The van der Waals surface area contributed by atoms with Crippen molar-refractivity contribution in [3.63, 3.8) is 0 Å². The monoisotopic (exact) mass is 337 g/mol. The highest BCUT2D eigenvalue weighted by molar-refractivity contribution is 5.97. The second kappa shape index (κ2) is 6.90. The minimum absolute atomic E-state index is 0.147. The van der Waals surface area contributed by atoms with Crippen molar-refractivity contribution in [2.45, 2.75) is 18.9 Å². The molecular formula is C18H19N5O2. The number of para-hydroxylation sites is 1. The zero-order chi connectivity index (χ0) is 17.1. The van der Waals surface area contributed by atoms with Crippen molar-refractivity contribution in [2.75, 3.05) is 13.2 Å². The summed E-state index contributed by atoms with van der Waals surface area (Å²) in [5.74, 6) is 1.50. The molecule has 3 aromatic rings. The van der Waals surface area contributed by atoms with E-state index < -0.39 is 0 Å². The van der Waals surface area contributed by atoms with Crippen molar-refractivity contribution < 1.29 is 9.53 Å². The van der Waals surface area contributed by atoms with Crippen LogP contribution in [0.4, 0.5) is 0 Å². The average molecular weight is 337 g/mol. The van der Waals surface area contributed by atoms with Crippen LogP contribution in [0.1, 0.15) is 34.3 Å². The Morgan fingerprint density at radius 2 is 2.12 bits per heavy atom. The van der Waals surface area contributed by atoms with Gasteiger partial charge in [-0.25, -0.2) is 4.98 Å². The van der Waals surface area contributed by atoms with Crippen LogP contribution in [0.15, 0.2) is 48.8 Å². The van der Waals surface area contributed by atoms with Crippen LogP contribution >= 0.6 is 0 Å². The molecule has 0 saturated carbocycles. The van der Waals surface area contributed by atoms with E-state index in [1.165, 1.54) is 0 Å². The van der Waals surface area contributed by atoms with Crippen molar-refractivity contribution in [1.29, 1.82) is 0 Å². The number of ether oxygens (including phenoxy) is 1. The first-order valence-corrected chi connectivity index (χ1v) is 8.31. The Morgan fingerprint density at radius 1 is 1.28 bits per heavy atom. The molecule has 2 aromatic heterocycles. The van der Waals surface area contributed by atoms with Gasteiger partial charge in [0.2, 0.25) is 0 Å². The first-order chi connectivity index (χ1) is 12.3. The molecule has 4 rings (SSSR count). The third-order valence-corrected chi connectivity index (χ3v) is 4.29. The maximum absolute atomic E-state index is 12.6. The summed E-state index contributed by atoms with van der Waals surface area (Å²) >= 11 is 0. The van der Waals surface area contributed by atoms with Gasteiger partial charge in [0.1, 0.15) is 5.82 Å². The van der Waals surface area contributed by atoms with E-state index >= 15 is 0 Å². The molecule has 0 bridgehead atoms. The lowest BCUT2D eigenvalue weighted by Gasteiger charge is -2.10. The van der Waals surface area contributed by atoms with Crippen molar-refractivity contribution in [3.8, 4) is 5.69 Å². The lowest BCUT2D eigenvalue weighted by molar-refractivity contribution is 0.0950. The fraction of sp³-hybridized carbons (Fsp3) is 0.278. The zero-order valence-corrected chi connectivity index (χ0v) is 13.7. The molecule has 2 N–H and O–H groups in total. The molecule has 1 fully saturated rings.